The van der Waals surface area contributed by atoms with E-state index < -0.39 is 0 Å². The molecule has 0 bridgehead atoms. The van der Waals surface area contributed by atoms with E-state index in [9.17, 15) is 0 Å². The van der Waals surface area contributed by atoms with E-state index in [1.165, 1.54) is 11.3 Å². The Balaban J connectivity index is 2.28. The molecular formula is C11H11BrN2OS. The van der Waals surface area contributed by atoms with E-state index in [4.69, 9.17) is 4.74 Å². The molecule has 0 radical (unpaired) electrons. The minimum absolute atomic E-state index is 0.177. The monoisotopic (exact) mass is 298 g/mol. The molecule has 1 heterocycles. The van der Waals surface area contributed by atoms with Crippen molar-refractivity contribution in [3.05, 3.63) is 28.2 Å². The summed E-state index contributed by atoms with van der Waals surface area (Å²) in [6.07, 6.45) is 0.177. The molecule has 0 unspecified atom stereocenters. The smallest absolute Gasteiger partial charge is 0.183 e. The van der Waals surface area contributed by atoms with Gasteiger partial charge in [0.25, 0.3) is 0 Å². The fourth-order valence-corrected chi connectivity index (χ4v) is 2.40. The first kappa shape index (κ1) is 11.5. The summed E-state index contributed by atoms with van der Waals surface area (Å²) in [5.41, 5.74) is 1.03. The van der Waals surface area contributed by atoms with Crippen molar-refractivity contribution in [3.63, 3.8) is 0 Å². The normalized spacial score (nSPS) is 10.8. The third kappa shape index (κ3) is 2.80. The van der Waals surface area contributed by atoms with Crippen LogP contribution in [0.5, 0.6) is 5.75 Å². The van der Waals surface area contributed by atoms with E-state index >= 15 is 0 Å². The van der Waals surface area contributed by atoms with Crippen LogP contribution in [-0.2, 0) is 0 Å². The van der Waals surface area contributed by atoms with Crippen molar-refractivity contribution in [2.45, 2.75) is 20.0 Å². The maximum Gasteiger partial charge on any atom is 0.183 e. The highest BCUT2D eigenvalue weighted by Crippen LogP contribution is 2.28. The van der Waals surface area contributed by atoms with Crippen molar-refractivity contribution >= 4 is 27.3 Å². The lowest BCUT2D eigenvalue weighted by molar-refractivity contribution is 0.242. The van der Waals surface area contributed by atoms with Gasteiger partial charge < -0.3 is 4.74 Å². The molecule has 0 saturated carbocycles. The highest BCUT2D eigenvalue weighted by molar-refractivity contribution is 9.11. The Bertz CT molecular complexity index is 484. The maximum atomic E-state index is 5.63. The Kier molecular flexibility index (Phi) is 3.56. The first-order chi connectivity index (χ1) is 7.65. The zero-order valence-electron chi connectivity index (χ0n) is 8.98. The van der Waals surface area contributed by atoms with Gasteiger partial charge in [0, 0.05) is 5.56 Å². The Morgan fingerprint density at radius 1 is 1.31 bits per heavy atom. The summed E-state index contributed by atoms with van der Waals surface area (Å²) in [7, 11) is 0. The van der Waals surface area contributed by atoms with Gasteiger partial charge in [-0.3, -0.25) is 0 Å². The highest BCUT2D eigenvalue weighted by Gasteiger charge is 2.06. The molecule has 16 heavy (non-hydrogen) atoms. The summed E-state index contributed by atoms with van der Waals surface area (Å²) in [5.74, 6) is 0.860. The van der Waals surface area contributed by atoms with Crippen molar-refractivity contribution in [2.75, 3.05) is 0 Å². The van der Waals surface area contributed by atoms with E-state index in [1.54, 1.807) is 0 Å². The van der Waals surface area contributed by atoms with Gasteiger partial charge in [-0.2, -0.15) is 0 Å². The average Bonchev–Trinajstić information content (AvgIpc) is 2.64. The second kappa shape index (κ2) is 4.93. The molecule has 84 valence electrons. The number of benzene rings is 1. The summed E-state index contributed by atoms with van der Waals surface area (Å²) in [6.45, 7) is 4.02. The predicted molar refractivity (Wildman–Crippen MR) is 68.8 cm³/mol. The molecular weight excluding hydrogens is 288 g/mol. The van der Waals surface area contributed by atoms with Gasteiger partial charge in [0.15, 0.2) is 3.92 Å². The third-order valence-corrected chi connectivity index (χ3v) is 3.26. The fraction of sp³-hybridized carbons (Fsp3) is 0.273. The Morgan fingerprint density at radius 3 is 2.75 bits per heavy atom. The number of hydrogen-bond donors (Lipinski definition) is 0. The number of aromatic nitrogens is 2. The van der Waals surface area contributed by atoms with Crippen LogP contribution in [0.3, 0.4) is 0 Å². The number of hydrogen-bond acceptors (Lipinski definition) is 4. The van der Waals surface area contributed by atoms with Crippen LogP contribution in [0.4, 0.5) is 0 Å². The molecule has 0 fully saturated rings. The van der Waals surface area contributed by atoms with Crippen LogP contribution in [0, 0.1) is 0 Å². The molecule has 0 aliphatic heterocycles. The molecule has 3 nitrogen and oxygen atoms in total. The molecule has 5 heteroatoms. The van der Waals surface area contributed by atoms with Gasteiger partial charge in [0.05, 0.1) is 6.10 Å². The lowest BCUT2D eigenvalue weighted by Crippen LogP contribution is -2.05. The molecule has 1 aromatic carbocycles. The van der Waals surface area contributed by atoms with Gasteiger partial charge in [-0.25, -0.2) is 0 Å². The van der Waals surface area contributed by atoms with Crippen LogP contribution < -0.4 is 4.74 Å². The summed E-state index contributed by atoms with van der Waals surface area (Å²) in [6, 6.07) is 7.88. The lowest BCUT2D eigenvalue weighted by Gasteiger charge is -2.09. The Hall–Kier alpha value is -0.940. The van der Waals surface area contributed by atoms with E-state index in [2.05, 4.69) is 26.1 Å². The van der Waals surface area contributed by atoms with Crippen LogP contribution >= 0.6 is 27.3 Å². The predicted octanol–water partition coefficient (Wildman–Crippen LogP) is 3.75. The Labute approximate surface area is 107 Å². The van der Waals surface area contributed by atoms with Crippen molar-refractivity contribution in [3.8, 4) is 16.3 Å². The molecule has 2 rings (SSSR count). The molecule has 0 aliphatic carbocycles. The standard InChI is InChI=1S/C11H11BrN2OS/c1-7(2)15-9-5-3-4-8(6-9)10-13-14-11(12)16-10/h3-7H,1-2H3. The first-order valence-corrected chi connectivity index (χ1v) is 6.52. The minimum Gasteiger partial charge on any atom is -0.491 e. The van der Waals surface area contributed by atoms with Gasteiger partial charge in [-0.15, -0.1) is 10.2 Å². The quantitative estimate of drug-likeness (QED) is 0.865. The summed E-state index contributed by atoms with van der Waals surface area (Å²) in [5, 5.41) is 8.89. The Morgan fingerprint density at radius 2 is 2.12 bits per heavy atom. The highest BCUT2D eigenvalue weighted by atomic mass is 79.9. The second-order valence-corrected chi connectivity index (χ2v) is 5.81. The van der Waals surface area contributed by atoms with E-state index in [0.29, 0.717) is 0 Å². The van der Waals surface area contributed by atoms with Gasteiger partial charge in [0.1, 0.15) is 10.8 Å². The molecule has 0 N–H and O–H groups in total. The number of rotatable bonds is 3. The van der Waals surface area contributed by atoms with Gasteiger partial charge in [-0.1, -0.05) is 23.5 Å². The van der Waals surface area contributed by atoms with Crippen LogP contribution in [0.25, 0.3) is 10.6 Å². The SMILES string of the molecule is CC(C)Oc1cccc(-c2nnc(Br)s2)c1. The molecule has 0 spiro atoms. The van der Waals surface area contributed by atoms with Crippen LogP contribution in [0.2, 0.25) is 0 Å². The van der Waals surface area contributed by atoms with Gasteiger partial charge in [-0.05, 0) is 41.9 Å². The first-order valence-electron chi connectivity index (χ1n) is 4.91. The molecule has 0 saturated heterocycles. The fourth-order valence-electron chi connectivity index (χ4n) is 1.30. The largest absolute Gasteiger partial charge is 0.491 e. The molecule has 0 aliphatic rings. The van der Waals surface area contributed by atoms with Gasteiger partial charge >= 0.3 is 0 Å². The zero-order chi connectivity index (χ0) is 11.5. The average molecular weight is 299 g/mol. The topological polar surface area (TPSA) is 35.0 Å². The third-order valence-electron chi connectivity index (χ3n) is 1.85. The number of halogens is 1. The molecule has 0 amide bonds. The number of nitrogens with zero attached hydrogens (tertiary/aromatic N) is 2. The van der Waals surface area contributed by atoms with Gasteiger partial charge in [0.2, 0.25) is 0 Å². The van der Waals surface area contributed by atoms with E-state index in [1.807, 2.05) is 38.1 Å². The van der Waals surface area contributed by atoms with Crippen molar-refractivity contribution < 1.29 is 4.74 Å². The maximum absolute atomic E-state index is 5.63. The molecule has 0 atom stereocenters. The van der Waals surface area contributed by atoms with E-state index in [-0.39, 0.29) is 6.10 Å². The molecule has 2 aromatic rings. The van der Waals surface area contributed by atoms with Crippen molar-refractivity contribution in [2.24, 2.45) is 0 Å². The summed E-state index contributed by atoms with van der Waals surface area (Å²) < 4.78 is 6.42. The second-order valence-electron chi connectivity index (χ2n) is 3.55. The van der Waals surface area contributed by atoms with Crippen LogP contribution in [0.1, 0.15) is 13.8 Å². The van der Waals surface area contributed by atoms with Crippen LogP contribution in [-0.4, -0.2) is 16.3 Å². The lowest BCUT2D eigenvalue weighted by atomic mass is 10.2. The van der Waals surface area contributed by atoms with Crippen molar-refractivity contribution in [1.29, 1.82) is 0 Å². The summed E-state index contributed by atoms with van der Waals surface area (Å²) >= 11 is 4.81. The van der Waals surface area contributed by atoms with Crippen molar-refractivity contribution in [1.82, 2.24) is 10.2 Å². The number of ether oxygens (including phenoxy) is 1. The summed E-state index contributed by atoms with van der Waals surface area (Å²) in [4.78, 5) is 0. The van der Waals surface area contributed by atoms with Crippen LogP contribution in [0.15, 0.2) is 28.2 Å². The minimum atomic E-state index is 0.177. The van der Waals surface area contributed by atoms with E-state index in [0.717, 1.165) is 20.2 Å². The molecule has 1 aromatic heterocycles. The zero-order valence-corrected chi connectivity index (χ0v) is 11.4.